The highest BCUT2D eigenvalue weighted by molar-refractivity contribution is 5.95. The van der Waals surface area contributed by atoms with Crippen LogP contribution in [-0.4, -0.2) is 44.5 Å². The number of halogens is 1. The van der Waals surface area contributed by atoms with Crippen LogP contribution < -0.4 is 20.9 Å². The van der Waals surface area contributed by atoms with Crippen molar-refractivity contribution in [3.05, 3.63) is 41.7 Å². The lowest BCUT2D eigenvalue weighted by Crippen LogP contribution is -3.11. The third-order valence-corrected chi connectivity index (χ3v) is 4.40. The number of quaternary nitrogens is 1. The second-order valence-electron chi connectivity index (χ2n) is 7.03. The molecule has 1 aromatic carbocycles. The highest BCUT2D eigenvalue weighted by Crippen LogP contribution is 2.19. The second kappa shape index (κ2) is 11.2. The van der Waals surface area contributed by atoms with Gasteiger partial charge in [0.2, 0.25) is 0 Å². The molecule has 7 nitrogen and oxygen atoms in total. The van der Waals surface area contributed by atoms with E-state index in [0.717, 1.165) is 19.3 Å². The molecule has 0 fully saturated rings. The van der Waals surface area contributed by atoms with E-state index in [-0.39, 0.29) is 19.0 Å². The summed E-state index contributed by atoms with van der Waals surface area (Å²) in [5.41, 5.74) is 1.71. The molecule has 4 amide bonds. The fraction of sp³-hybridized carbons (Fsp3) is 0.450. The molecule has 28 heavy (non-hydrogen) atoms. The molecule has 4 N–H and O–H groups in total. The van der Waals surface area contributed by atoms with E-state index in [9.17, 15) is 18.8 Å². The third kappa shape index (κ3) is 8.30. The van der Waals surface area contributed by atoms with Crippen LogP contribution in [0.3, 0.4) is 0 Å². The van der Waals surface area contributed by atoms with E-state index < -0.39 is 17.8 Å². The van der Waals surface area contributed by atoms with Crippen molar-refractivity contribution in [2.24, 2.45) is 0 Å². The number of hydrogen-bond donors (Lipinski definition) is 4. The molecule has 1 aromatic rings. The molecule has 0 radical (unpaired) electrons. The van der Waals surface area contributed by atoms with E-state index in [0.29, 0.717) is 17.1 Å². The zero-order chi connectivity index (χ0) is 20.4. The highest BCUT2D eigenvalue weighted by atomic mass is 19.1. The standard InChI is InChI=1S/C20H27FN4O3/c1-25(13-18(26)23-17-9-5-8-16(21)12-17)14-19(27)24-20(28)22-11-10-15-6-3-2-4-7-15/h5-6,8-9,12H,2-4,7,10-11,13-14H2,1H3,(H,23,26)(H2,22,24,27,28)/p+1. The normalized spacial score (nSPS) is 14.6. The molecule has 152 valence electrons. The molecule has 1 aliphatic rings. The SMILES string of the molecule is C[NH+](CC(=O)NC(=O)NCCC1=CCCCC1)CC(=O)Nc1cccc(F)c1. The Morgan fingerprint density at radius 2 is 1.93 bits per heavy atom. The van der Waals surface area contributed by atoms with Crippen molar-refractivity contribution in [3.8, 4) is 0 Å². The molecule has 0 bridgehead atoms. The number of amides is 4. The van der Waals surface area contributed by atoms with Crippen LogP contribution in [0.4, 0.5) is 14.9 Å². The van der Waals surface area contributed by atoms with Crippen molar-refractivity contribution in [2.75, 3.05) is 32.0 Å². The maximum absolute atomic E-state index is 13.1. The van der Waals surface area contributed by atoms with E-state index in [1.54, 1.807) is 13.1 Å². The average molecular weight is 391 g/mol. The number of allylic oxidation sites excluding steroid dienone is 1. The van der Waals surface area contributed by atoms with Gasteiger partial charge in [0.15, 0.2) is 13.1 Å². The topological polar surface area (TPSA) is 91.7 Å². The van der Waals surface area contributed by atoms with Gasteiger partial charge < -0.3 is 15.5 Å². The molecule has 0 aliphatic heterocycles. The van der Waals surface area contributed by atoms with Crippen LogP contribution in [0.5, 0.6) is 0 Å². The fourth-order valence-corrected chi connectivity index (χ4v) is 3.07. The number of imide groups is 1. The van der Waals surface area contributed by atoms with Gasteiger partial charge in [-0.1, -0.05) is 17.7 Å². The molecule has 0 saturated carbocycles. The van der Waals surface area contributed by atoms with Gasteiger partial charge >= 0.3 is 6.03 Å². The van der Waals surface area contributed by atoms with Gasteiger partial charge in [-0.25, -0.2) is 9.18 Å². The summed E-state index contributed by atoms with van der Waals surface area (Å²) in [7, 11) is 1.66. The van der Waals surface area contributed by atoms with Gasteiger partial charge in [-0.15, -0.1) is 0 Å². The summed E-state index contributed by atoms with van der Waals surface area (Å²) in [5, 5.41) is 7.52. The van der Waals surface area contributed by atoms with E-state index in [1.165, 1.54) is 36.6 Å². The predicted octanol–water partition coefficient (Wildman–Crippen LogP) is 0.995. The Morgan fingerprint density at radius 3 is 2.64 bits per heavy atom. The van der Waals surface area contributed by atoms with Gasteiger partial charge in [0.05, 0.1) is 7.05 Å². The summed E-state index contributed by atoms with van der Waals surface area (Å²) in [5.74, 6) is -1.25. The lowest BCUT2D eigenvalue weighted by Gasteiger charge is -2.14. The number of urea groups is 1. The Labute approximate surface area is 164 Å². The minimum absolute atomic E-state index is 0.0136. The van der Waals surface area contributed by atoms with Gasteiger partial charge in [0.1, 0.15) is 5.82 Å². The van der Waals surface area contributed by atoms with Crippen molar-refractivity contribution in [1.29, 1.82) is 0 Å². The number of anilines is 1. The molecule has 1 aliphatic carbocycles. The van der Waals surface area contributed by atoms with Crippen LogP contribution in [0, 0.1) is 5.82 Å². The van der Waals surface area contributed by atoms with Crippen molar-refractivity contribution >= 4 is 23.5 Å². The van der Waals surface area contributed by atoms with E-state index in [1.807, 2.05) is 0 Å². The number of benzene rings is 1. The van der Waals surface area contributed by atoms with Gasteiger partial charge in [0.25, 0.3) is 11.8 Å². The van der Waals surface area contributed by atoms with E-state index in [4.69, 9.17) is 0 Å². The first-order valence-corrected chi connectivity index (χ1v) is 9.54. The quantitative estimate of drug-likeness (QED) is 0.498. The second-order valence-corrected chi connectivity index (χ2v) is 7.03. The maximum atomic E-state index is 13.1. The molecule has 0 spiro atoms. The van der Waals surface area contributed by atoms with Gasteiger partial charge in [0, 0.05) is 12.2 Å². The van der Waals surface area contributed by atoms with Crippen LogP contribution in [0.15, 0.2) is 35.9 Å². The summed E-state index contributed by atoms with van der Waals surface area (Å²) < 4.78 is 13.1. The molecule has 0 aromatic heterocycles. The summed E-state index contributed by atoms with van der Waals surface area (Å²) in [6.07, 6.45) is 7.62. The Balaban J connectivity index is 1.63. The van der Waals surface area contributed by atoms with Crippen LogP contribution in [0.25, 0.3) is 0 Å². The minimum Gasteiger partial charge on any atom is -0.337 e. The first-order chi connectivity index (χ1) is 13.4. The van der Waals surface area contributed by atoms with Crippen LogP contribution in [0.1, 0.15) is 32.1 Å². The number of rotatable bonds is 8. The van der Waals surface area contributed by atoms with Gasteiger partial charge in [-0.3, -0.25) is 14.9 Å². The van der Waals surface area contributed by atoms with Gasteiger partial charge in [-0.2, -0.15) is 0 Å². The van der Waals surface area contributed by atoms with Crippen molar-refractivity contribution in [2.45, 2.75) is 32.1 Å². The number of likely N-dealkylation sites (N-methyl/N-ethyl adjacent to an activating group) is 1. The summed E-state index contributed by atoms with van der Waals surface area (Å²) in [6.45, 7) is 0.471. The molecule has 0 heterocycles. The summed E-state index contributed by atoms with van der Waals surface area (Å²) >= 11 is 0. The zero-order valence-electron chi connectivity index (χ0n) is 16.1. The summed E-state index contributed by atoms with van der Waals surface area (Å²) in [6, 6.07) is 5.05. The smallest absolute Gasteiger partial charge is 0.321 e. The van der Waals surface area contributed by atoms with Crippen LogP contribution in [0.2, 0.25) is 0 Å². The van der Waals surface area contributed by atoms with Crippen LogP contribution in [-0.2, 0) is 9.59 Å². The van der Waals surface area contributed by atoms with E-state index >= 15 is 0 Å². The molecule has 1 unspecified atom stereocenters. The number of carbonyl (C=O) groups excluding carboxylic acids is 3. The zero-order valence-corrected chi connectivity index (χ0v) is 16.1. The number of carbonyl (C=O) groups is 3. The maximum Gasteiger partial charge on any atom is 0.321 e. The van der Waals surface area contributed by atoms with Crippen molar-refractivity contribution in [1.82, 2.24) is 10.6 Å². The molecular formula is C20H28FN4O3+. The lowest BCUT2D eigenvalue weighted by molar-refractivity contribution is -0.862. The Kier molecular flexibility index (Phi) is 8.61. The lowest BCUT2D eigenvalue weighted by atomic mass is 9.97. The average Bonchev–Trinajstić information content (AvgIpc) is 2.62. The Hall–Kier alpha value is -2.74. The predicted molar refractivity (Wildman–Crippen MR) is 104 cm³/mol. The van der Waals surface area contributed by atoms with Crippen LogP contribution >= 0.6 is 0 Å². The molecule has 8 heteroatoms. The van der Waals surface area contributed by atoms with Gasteiger partial charge in [-0.05, 0) is 50.3 Å². The Bertz CT molecular complexity index is 736. The molecule has 2 rings (SSSR count). The van der Waals surface area contributed by atoms with Crippen molar-refractivity contribution < 1.29 is 23.7 Å². The van der Waals surface area contributed by atoms with Crippen molar-refractivity contribution in [3.63, 3.8) is 0 Å². The molecular weight excluding hydrogens is 363 g/mol. The number of hydrogen-bond acceptors (Lipinski definition) is 3. The van der Waals surface area contributed by atoms with E-state index in [2.05, 4.69) is 22.0 Å². The Morgan fingerprint density at radius 1 is 1.14 bits per heavy atom. The first-order valence-electron chi connectivity index (χ1n) is 9.54. The highest BCUT2D eigenvalue weighted by Gasteiger charge is 2.16. The molecule has 0 saturated heterocycles. The largest absolute Gasteiger partial charge is 0.337 e. The molecule has 1 atom stereocenters. The monoisotopic (exact) mass is 391 g/mol. The number of nitrogens with one attached hydrogen (secondary N) is 4. The third-order valence-electron chi connectivity index (χ3n) is 4.40. The first kappa shape index (κ1) is 21.6. The fourth-order valence-electron chi connectivity index (χ4n) is 3.07. The minimum atomic E-state index is -0.529. The summed E-state index contributed by atoms with van der Waals surface area (Å²) in [4.78, 5) is 36.3.